The predicted octanol–water partition coefficient (Wildman–Crippen LogP) is 2.93. The number of benzene rings is 1. The zero-order chi connectivity index (χ0) is 16.2. The van der Waals surface area contributed by atoms with Crippen LogP contribution in [0.3, 0.4) is 0 Å². The normalized spacial score (nSPS) is 10.8. The topological polar surface area (TPSA) is 64.0 Å². The molecule has 7 heteroatoms. The van der Waals surface area contributed by atoms with Crippen molar-refractivity contribution < 1.29 is 4.79 Å². The molecule has 5 nitrogen and oxygen atoms in total. The fourth-order valence-corrected chi connectivity index (χ4v) is 3.21. The first-order valence-electron chi connectivity index (χ1n) is 7.07. The smallest absolute Gasteiger partial charge is 0.261 e. The van der Waals surface area contributed by atoms with Crippen LogP contribution in [0.15, 0.2) is 51.3 Å². The highest BCUT2D eigenvalue weighted by Gasteiger charge is 2.07. The van der Waals surface area contributed by atoms with E-state index in [9.17, 15) is 9.59 Å². The first-order valence-corrected chi connectivity index (χ1v) is 8.74. The number of halogens is 1. The van der Waals surface area contributed by atoms with Gasteiger partial charge in [0.2, 0.25) is 5.91 Å². The number of aromatic nitrogens is 2. The summed E-state index contributed by atoms with van der Waals surface area (Å²) in [4.78, 5) is 29.7. The predicted molar refractivity (Wildman–Crippen MR) is 94.5 cm³/mol. The van der Waals surface area contributed by atoms with Crippen LogP contribution in [0.4, 0.5) is 0 Å². The van der Waals surface area contributed by atoms with Gasteiger partial charge in [0.1, 0.15) is 0 Å². The van der Waals surface area contributed by atoms with E-state index >= 15 is 0 Å². The van der Waals surface area contributed by atoms with Gasteiger partial charge in [-0.25, -0.2) is 4.98 Å². The minimum Gasteiger partial charge on any atom is -0.351 e. The molecule has 1 aromatic carbocycles. The molecule has 0 unspecified atom stereocenters. The van der Waals surface area contributed by atoms with Crippen LogP contribution in [0.5, 0.6) is 0 Å². The van der Waals surface area contributed by atoms with Gasteiger partial charge in [-0.1, -0.05) is 22.0 Å². The van der Waals surface area contributed by atoms with Crippen LogP contribution in [0.25, 0.3) is 10.9 Å². The lowest BCUT2D eigenvalue weighted by atomic mass is 10.2. The SMILES string of the molecule is O=C(CCn1cnc2ccc(Br)cc2c1=O)NCc1cccs1. The number of hydrogen-bond acceptors (Lipinski definition) is 4. The van der Waals surface area contributed by atoms with Crippen molar-refractivity contribution in [3.63, 3.8) is 0 Å². The van der Waals surface area contributed by atoms with E-state index in [4.69, 9.17) is 0 Å². The summed E-state index contributed by atoms with van der Waals surface area (Å²) in [5.74, 6) is -0.0837. The summed E-state index contributed by atoms with van der Waals surface area (Å²) in [5, 5.41) is 5.36. The van der Waals surface area contributed by atoms with Gasteiger partial charge in [0.15, 0.2) is 0 Å². The zero-order valence-electron chi connectivity index (χ0n) is 12.2. The fourth-order valence-electron chi connectivity index (χ4n) is 2.20. The Morgan fingerprint density at radius 3 is 3.00 bits per heavy atom. The highest BCUT2D eigenvalue weighted by molar-refractivity contribution is 9.10. The molecule has 0 saturated heterocycles. The Balaban J connectivity index is 1.66. The molecule has 0 spiro atoms. The van der Waals surface area contributed by atoms with Crippen LogP contribution in [0.1, 0.15) is 11.3 Å². The number of thiophene rings is 1. The molecule has 23 heavy (non-hydrogen) atoms. The maximum atomic E-state index is 12.4. The number of carbonyl (C=O) groups is 1. The third-order valence-electron chi connectivity index (χ3n) is 3.41. The Labute approximate surface area is 145 Å². The Kier molecular flexibility index (Phi) is 4.88. The second-order valence-electron chi connectivity index (χ2n) is 5.01. The van der Waals surface area contributed by atoms with E-state index in [1.54, 1.807) is 23.5 Å². The lowest BCUT2D eigenvalue weighted by Gasteiger charge is -2.07. The number of hydrogen-bond donors (Lipinski definition) is 1. The summed E-state index contributed by atoms with van der Waals surface area (Å²) >= 11 is 4.95. The number of nitrogens with one attached hydrogen (secondary N) is 1. The molecule has 3 aromatic rings. The van der Waals surface area contributed by atoms with E-state index in [1.165, 1.54) is 10.9 Å². The quantitative estimate of drug-likeness (QED) is 0.726. The van der Waals surface area contributed by atoms with Crippen molar-refractivity contribution in [2.24, 2.45) is 0 Å². The monoisotopic (exact) mass is 391 g/mol. The number of amides is 1. The van der Waals surface area contributed by atoms with Crippen molar-refractivity contribution in [2.75, 3.05) is 0 Å². The van der Waals surface area contributed by atoms with E-state index in [-0.39, 0.29) is 17.9 Å². The third kappa shape index (κ3) is 3.86. The van der Waals surface area contributed by atoms with E-state index in [2.05, 4.69) is 26.2 Å². The molecule has 2 heterocycles. The number of fused-ring (bicyclic) bond motifs is 1. The molecule has 0 radical (unpaired) electrons. The van der Waals surface area contributed by atoms with Gasteiger partial charge in [0.25, 0.3) is 5.56 Å². The Bertz CT molecular complexity index is 890. The standard InChI is InChI=1S/C16H14BrN3O2S/c17-11-3-4-14-13(8-11)16(22)20(10-19-14)6-5-15(21)18-9-12-2-1-7-23-12/h1-4,7-8,10H,5-6,9H2,(H,18,21). The van der Waals surface area contributed by atoms with E-state index in [0.29, 0.717) is 24.0 Å². The van der Waals surface area contributed by atoms with Crippen molar-refractivity contribution in [3.05, 3.63) is 61.7 Å². The Morgan fingerprint density at radius 1 is 1.35 bits per heavy atom. The zero-order valence-corrected chi connectivity index (χ0v) is 14.6. The lowest BCUT2D eigenvalue weighted by molar-refractivity contribution is -0.121. The van der Waals surface area contributed by atoms with E-state index in [1.807, 2.05) is 23.6 Å². The van der Waals surface area contributed by atoms with Gasteiger partial charge < -0.3 is 5.32 Å². The molecular weight excluding hydrogens is 378 g/mol. The van der Waals surface area contributed by atoms with E-state index in [0.717, 1.165) is 9.35 Å². The molecule has 2 aromatic heterocycles. The number of aryl methyl sites for hydroxylation is 1. The summed E-state index contributed by atoms with van der Waals surface area (Å²) in [5.41, 5.74) is 0.513. The van der Waals surface area contributed by atoms with Gasteiger partial charge in [0.05, 0.1) is 23.8 Å². The van der Waals surface area contributed by atoms with Crippen LogP contribution >= 0.6 is 27.3 Å². The highest BCUT2D eigenvalue weighted by Crippen LogP contribution is 2.14. The van der Waals surface area contributed by atoms with Crippen LogP contribution in [0.2, 0.25) is 0 Å². The van der Waals surface area contributed by atoms with Gasteiger partial charge in [-0.05, 0) is 29.6 Å². The second-order valence-corrected chi connectivity index (χ2v) is 6.96. The third-order valence-corrected chi connectivity index (χ3v) is 4.78. The molecule has 0 atom stereocenters. The molecular formula is C16H14BrN3O2S. The van der Waals surface area contributed by atoms with Crippen LogP contribution < -0.4 is 10.9 Å². The van der Waals surface area contributed by atoms with Crippen molar-refractivity contribution in [2.45, 2.75) is 19.5 Å². The second kappa shape index (κ2) is 7.06. The van der Waals surface area contributed by atoms with E-state index < -0.39 is 0 Å². The first kappa shape index (κ1) is 15.9. The average molecular weight is 392 g/mol. The minimum atomic E-state index is -0.137. The van der Waals surface area contributed by atoms with Gasteiger partial charge in [-0.2, -0.15) is 0 Å². The number of rotatable bonds is 5. The number of nitrogens with zero attached hydrogens (tertiary/aromatic N) is 2. The summed E-state index contributed by atoms with van der Waals surface area (Å²) in [6, 6.07) is 9.30. The van der Waals surface area contributed by atoms with Gasteiger partial charge in [-0.3, -0.25) is 14.2 Å². The van der Waals surface area contributed by atoms with Crippen LogP contribution in [-0.4, -0.2) is 15.5 Å². The molecule has 118 valence electrons. The Morgan fingerprint density at radius 2 is 2.22 bits per heavy atom. The molecule has 0 aliphatic rings. The molecule has 1 N–H and O–H groups in total. The highest BCUT2D eigenvalue weighted by atomic mass is 79.9. The molecule has 0 saturated carbocycles. The number of carbonyl (C=O) groups excluding carboxylic acids is 1. The molecule has 3 rings (SSSR count). The molecule has 0 aliphatic carbocycles. The summed E-state index contributed by atoms with van der Waals surface area (Å²) in [6.07, 6.45) is 1.73. The van der Waals surface area contributed by atoms with Gasteiger partial charge >= 0.3 is 0 Å². The average Bonchev–Trinajstić information content (AvgIpc) is 3.06. The summed E-state index contributed by atoms with van der Waals surface area (Å²) < 4.78 is 2.30. The van der Waals surface area contributed by atoms with Crippen molar-refractivity contribution >= 4 is 44.1 Å². The van der Waals surface area contributed by atoms with Crippen molar-refractivity contribution in [1.82, 2.24) is 14.9 Å². The Hall–Kier alpha value is -1.99. The van der Waals surface area contributed by atoms with Crippen molar-refractivity contribution in [1.29, 1.82) is 0 Å². The lowest BCUT2D eigenvalue weighted by Crippen LogP contribution is -2.27. The maximum Gasteiger partial charge on any atom is 0.261 e. The molecule has 0 bridgehead atoms. The summed E-state index contributed by atoms with van der Waals surface area (Å²) in [7, 11) is 0. The molecule has 0 fully saturated rings. The van der Waals surface area contributed by atoms with Crippen LogP contribution in [0, 0.1) is 0 Å². The fraction of sp³-hybridized carbons (Fsp3) is 0.188. The first-order chi connectivity index (χ1) is 11.1. The maximum absolute atomic E-state index is 12.4. The molecule has 0 aliphatic heterocycles. The summed E-state index contributed by atoms with van der Waals surface area (Å²) in [6.45, 7) is 0.832. The van der Waals surface area contributed by atoms with Crippen LogP contribution in [-0.2, 0) is 17.9 Å². The largest absolute Gasteiger partial charge is 0.351 e. The molecule has 1 amide bonds. The minimum absolute atomic E-state index is 0.0837. The van der Waals surface area contributed by atoms with Crippen molar-refractivity contribution in [3.8, 4) is 0 Å². The van der Waals surface area contributed by atoms with Gasteiger partial charge in [0, 0.05) is 22.3 Å². The van der Waals surface area contributed by atoms with Gasteiger partial charge in [-0.15, -0.1) is 11.3 Å².